The Bertz CT molecular complexity index is 511. The molecule has 0 aliphatic rings. The van der Waals surface area contributed by atoms with Gasteiger partial charge in [0, 0.05) is 12.6 Å². The Hall–Kier alpha value is -1.35. The first-order valence-corrected chi connectivity index (χ1v) is 6.25. The van der Waals surface area contributed by atoms with Crippen LogP contribution in [0.5, 0.6) is 0 Å². The quantitative estimate of drug-likeness (QED) is 0.879. The van der Waals surface area contributed by atoms with Gasteiger partial charge in [-0.2, -0.15) is 0 Å². The zero-order chi connectivity index (χ0) is 12.4. The zero-order valence-electron chi connectivity index (χ0n) is 10.9. The summed E-state index contributed by atoms with van der Waals surface area (Å²) in [5.74, 6) is 0. The zero-order valence-corrected chi connectivity index (χ0v) is 10.9. The van der Waals surface area contributed by atoms with Gasteiger partial charge < -0.3 is 10.3 Å². The van der Waals surface area contributed by atoms with Gasteiger partial charge in [0.2, 0.25) is 0 Å². The van der Waals surface area contributed by atoms with Gasteiger partial charge in [-0.1, -0.05) is 0 Å². The van der Waals surface area contributed by atoms with E-state index >= 15 is 0 Å². The van der Waals surface area contributed by atoms with E-state index < -0.39 is 0 Å². The fraction of sp³-hybridized carbons (Fsp3) is 0.500. The van der Waals surface area contributed by atoms with E-state index in [2.05, 4.69) is 42.5 Å². The Morgan fingerprint density at radius 1 is 1.29 bits per heavy atom. The average molecular weight is 231 g/mol. The fourth-order valence-electron chi connectivity index (χ4n) is 2.08. The summed E-state index contributed by atoms with van der Waals surface area (Å²) in [5, 5.41) is 0. The van der Waals surface area contributed by atoms with Crippen LogP contribution in [-0.2, 0) is 6.54 Å². The molecule has 0 bridgehead atoms. The van der Waals surface area contributed by atoms with Crippen molar-refractivity contribution in [2.45, 2.75) is 46.2 Å². The Morgan fingerprint density at radius 2 is 2.00 bits per heavy atom. The maximum absolute atomic E-state index is 5.76. The van der Waals surface area contributed by atoms with Crippen molar-refractivity contribution in [2.75, 3.05) is 0 Å². The van der Waals surface area contributed by atoms with Gasteiger partial charge >= 0.3 is 0 Å². The molecule has 2 rings (SSSR count). The SMILES string of the molecule is Cc1cc2ncn(CCCC(C)N)c2cc1C. The van der Waals surface area contributed by atoms with E-state index in [4.69, 9.17) is 5.73 Å². The molecule has 0 aliphatic heterocycles. The predicted octanol–water partition coefficient (Wildman–Crippen LogP) is 2.78. The summed E-state index contributed by atoms with van der Waals surface area (Å²) in [6.07, 6.45) is 4.10. The van der Waals surface area contributed by atoms with Gasteiger partial charge in [0.15, 0.2) is 0 Å². The molecule has 0 saturated heterocycles. The van der Waals surface area contributed by atoms with Crippen LogP contribution in [0.1, 0.15) is 30.9 Å². The number of rotatable bonds is 4. The number of aromatic nitrogens is 2. The van der Waals surface area contributed by atoms with Crippen LogP contribution in [0.15, 0.2) is 18.5 Å². The molecule has 92 valence electrons. The van der Waals surface area contributed by atoms with E-state index in [0.717, 1.165) is 24.9 Å². The van der Waals surface area contributed by atoms with E-state index in [-0.39, 0.29) is 6.04 Å². The Kier molecular flexibility index (Phi) is 3.48. The molecule has 0 amide bonds. The van der Waals surface area contributed by atoms with Crippen molar-refractivity contribution in [3.63, 3.8) is 0 Å². The molecule has 1 unspecified atom stereocenters. The fourth-order valence-corrected chi connectivity index (χ4v) is 2.08. The molecule has 1 aromatic carbocycles. The number of benzene rings is 1. The molecular formula is C14H21N3. The summed E-state index contributed by atoms with van der Waals surface area (Å²) in [5.41, 5.74) is 10.7. The minimum atomic E-state index is 0.286. The highest BCUT2D eigenvalue weighted by Gasteiger charge is 2.05. The molecule has 0 fully saturated rings. The lowest BCUT2D eigenvalue weighted by Crippen LogP contribution is -2.15. The highest BCUT2D eigenvalue weighted by atomic mass is 15.0. The van der Waals surface area contributed by atoms with Crippen LogP contribution in [-0.4, -0.2) is 15.6 Å². The Balaban J connectivity index is 2.21. The summed E-state index contributed by atoms with van der Waals surface area (Å²) in [4.78, 5) is 4.45. The molecule has 1 heterocycles. The third kappa shape index (κ3) is 2.67. The standard InChI is InChI=1S/C14H21N3/c1-10-7-13-14(8-11(10)2)17(9-16-13)6-4-5-12(3)15/h7-9,12H,4-6,15H2,1-3H3. The molecule has 1 aromatic heterocycles. The molecular weight excluding hydrogens is 210 g/mol. The van der Waals surface area contributed by atoms with Crippen molar-refractivity contribution in [1.29, 1.82) is 0 Å². The first kappa shape index (κ1) is 12.1. The van der Waals surface area contributed by atoms with Crippen molar-refractivity contribution in [3.05, 3.63) is 29.6 Å². The van der Waals surface area contributed by atoms with E-state index in [1.165, 1.54) is 16.6 Å². The van der Waals surface area contributed by atoms with Gasteiger partial charge in [0.1, 0.15) is 0 Å². The minimum absolute atomic E-state index is 0.286. The number of nitrogens with two attached hydrogens (primary N) is 1. The number of aryl methyl sites for hydroxylation is 3. The molecule has 3 heteroatoms. The smallest absolute Gasteiger partial charge is 0.0958 e. The molecule has 0 aliphatic carbocycles. The molecule has 2 N–H and O–H groups in total. The van der Waals surface area contributed by atoms with Gasteiger partial charge in [-0.3, -0.25) is 0 Å². The minimum Gasteiger partial charge on any atom is -0.331 e. The average Bonchev–Trinajstić information content (AvgIpc) is 2.62. The lowest BCUT2D eigenvalue weighted by molar-refractivity contribution is 0.565. The lowest BCUT2D eigenvalue weighted by Gasteiger charge is -2.07. The van der Waals surface area contributed by atoms with Crippen LogP contribution < -0.4 is 5.73 Å². The van der Waals surface area contributed by atoms with Crippen molar-refractivity contribution in [2.24, 2.45) is 5.73 Å². The summed E-state index contributed by atoms with van der Waals surface area (Å²) < 4.78 is 2.23. The van der Waals surface area contributed by atoms with E-state index in [1.807, 2.05) is 6.33 Å². The molecule has 0 saturated carbocycles. The lowest BCUT2D eigenvalue weighted by atomic mass is 10.1. The predicted molar refractivity (Wildman–Crippen MR) is 72.1 cm³/mol. The third-order valence-electron chi connectivity index (χ3n) is 3.30. The Morgan fingerprint density at radius 3 is 2.71 bits per heavy atom. The summed E-state index contributed by atoms with van der Waals surface area (Å²) in [7, 11) is 0. The first-order chi connectivity index (χ1) is 8.08. The number of nitrogens with zero attached hydrogens (tertiary/aromatic N) is 2. The van der Waals surface area contributed by atoms with Crippen molar-refractivity contribution < 1.29 is 0 Å². The summed E-state index contributed by atoms with van der Waals surface area (Å²) in [6, 6.07) is 4.67. The first-order valence-electron chi connectivity index (χ1n) is 6.25. The number of imidazole rings is 1. The number of hydrogen-bond acceptors (Lipinski definition) is 2. The Labute approximate surface area is 103 Å². The topological polar surface area (TPSA) is 43.8 Å². The van der Waals surface area contributed by atoms with Crippen LogP contribution in [0.3, 0.4) is 0 Å². The number of hydrogen-bond donors (Lipinski definition) is 1. The summed E-state index contributed by atoms with van der Waals surface area (Å²) >= 11 is 0. The monoisotopic (exact) mass is 231 g/mol. The maximum Gasteiger partial charge on any atom is 0.0958 e. The highest BCUT2D eigenvalue weighted by molar-refractivity contribution is 5.77. The second-order valence-electron chi connectivity index (χ2n) is 4.98. The van der Waals surface area contributed by atoms with E-state index in [9.17, 15) is 0 Å². The second-order valence-corrected chi connectivity index (χ2v) is 4.98. The molecule has 0 radical (unpaired) electrons. The third-order valence-corrected chi connectivity index (χ3v) is 3.30. The van der Waals surface area contributed by atoms with Crippen molar-refractivity contribution >= 4 is 11.0 Å². The van der Waals surface area contributed by atoms with E-state index in [1.54, 1.807) is 0 Å². The van der Waals surface area contributed by atoms with Crippen LogP contribution in [0.25, 0.3) is 11.0 Å². The molecule has 0 spiro atoms. The largest absolute Gasteiger partial charge is 0.331 e. The van der Waals surface area contributed by atoms with Gasteiger partial charge in [0.25, 0.3) is 0 Å². The van der Waals surface area contributed by atoms with Crippen LogP contribution >= 0.6 is 0 Å². The van der Waals surface area contributed by atoms with Gasteiger partial charge in [-0.25, -0.2) is 4.98 Å². The van der Waals surface area contributed by atoms with Gasteiger partial charge in [-0.15, -0.1) is 0 Å². The maximum atomic E-state index is 5.76. The van der Waals surface area contributed by atoms with Crippen LogP contribution in [0.4, 0.5) is 0 Å². The molecule has 17 heavy (non-hydrogen) atoms. The van der Waals surface area contributed by atoms with Crippen LogP contribution in [0.2, 0.25) is 0 Å². The highest BCUT2D eigenvalue weighted by Crippen LogP contribution is 2.18. The van der Waals surface area contributed by atoms with Crippen LogP contribution in [0, 0.1) is 13.8 Å². The normalized spacial score (nSPS) is 13.2. The van der Waals surface area contributed by atoms with E-state index in [0.29, 0.717) is 0 Å². The second kappa shape index (κ2) is 4.88. The number of fused-ring (bicyclic) bond motifs is 1. The molecule has 1 atom stereocenters. The van der Waals surface area contributed by atoms with Crippen molar-refractivity contribution in [1.82, 2.24) is 9.55 Å². The molecule has 2 aromatic rings. The van der Waals surface area contributed by atoms with Crippen molar-refractivity contribution in [3.8, 4) is 0 Å². The van der Waals surface area contributed by atoms with Gasteiger partial charge in [0.05, 0.1) is 17.4 Å². The van der Waals surface area contributed by atoms with Gasteiger partial charge in [-0.05, 0) is 56.9 Å². The molecule has 3 nitrogen and oxygen atoms in total. The summed E-state index contributed by atoms with van der Waals surface area (Å²) in [6.45, 7) is 7.33.